The van der Waals surface area contributed by atoms with Gasteiger partial charge in [0.05, 0.1) is 26.2 Å². The molecule has 26 heavy (non-hydrogen) atoms. The smallest absolute Gasteiger partial charge is 0.320 e. The Balaban J connectivity index is 5.00. The van der Waals surface area contributed by atoms with Gasteiger partial charge >= 0.3 is 17.9 Å². The molecule has 0 aliphatic heterocycles. The van der Waals surface area contributed by atoms with E-state index in [2.05, 4.69) is 0 Å². The number of ether oxygens (including phenoxy) is 3. The minimum Gasteiger partial charge on any atom is -0.465 e. The van der Waals surface area contributed by atoms with Crippen LogP contribution in [0.3, 0.4) is 0 Å². The third kappa shape index (κ3) is 12.7. The number of hydrogen-bond donors (Lipinski definition) is 0. The number of carbonyl (C=O) groups is 3. The number of hydrogen-bond acceptors (Lipinski definition) is 6. The van der Waals surface area contributed by atoms with E-state index in [9.17, 15) is 14.4 Å². The molecule has 0 heterocycles. The maximum Gasteiger partial charge on any atom is 0.320 e. The third-order valence-electron chi connectivity index (χ3n) is 2.90. The first-order chi connectivity index (χ1) is 11.5. The Kier molecular flexibility index (Phi) is 8.80. The fourth-order valence-electron chi connectivity index (χ4n) is 1.56. The van der Waals surface area contributed by atoms with Gasteiger partial charge in [-0.15, -0.1) is 0 Å². The highest BCUT2D eigenvalue weighted by atomic mass is 16.6. The average Bonchev–Trinajstić information content (AvgIpc) is 2.43. The highest BCUT2D eigenvalue weighted by Crippen LogP contribution is 2.20. The molecule has 0 aromatic heterocycles. The summed E-state index contributed by atoms with van der Waals surface area (Å²) in [6.45, 7) is 17.7. The van der Waals surface area contributed by atoms with Crippen LogP contribution in [0, 0.1) is 22.2 Å². The molecule has 6 nitrogen and oxygen atoms in total. The first-order valence-corrected chi connectivity index (χ1v) is 8.99. The number of esters is 3. The van der Waals surface area contributed by atoms with Crippen molar-refractivity contribution < 1.29 is 28.6 Å². The van der Waals surface area contributed by atoms with Gasteiger partial charge in [0, 0.05) is 0 Å². The van der Waals surface area contributed by atoms with Crippen molar-refractivity contribution in [1.29, 1.82) is 0 Å². The largest absolute Gasteiger partial charge is 0.465 e. The van der Waals surface area contributed by atoms with Crippen LogP contribution in [0.4, 0.5) is 0 Å². The summed E-state index contributed by atoms with van der Waals surface area (Å²) < 4.78 is 15.6. The molecule has 0 aromatic rings. The van der Waals surface area contributed by atoms with Crippen LogP contribution in [0.1, 0.15) is 68.7 Å². The lowest BCUT2D eigenvalue weighted by atomic mass is 9.97. The van der Waals surface area contributed by atoms with E-state index in [4.69, 9.17) is 14.2 Å². The normalized spacial score (nSPS) is 12.7. The van der Waals surface area contributed by atoms with Crippen LogP contribution in [0.2, 0.25) is 0 Å². The van der Waals surface area contributed by atoms with Crippen molar-refractivity contribution in [3.05, 3.63) is 0 Å². The molecule has 0 unspecified atom stereocenters. The first kappa shape index (κ1) is 24.4. The number of carbonyl (C=O) groups excluding carboxylic acids is 3. The van der Waals surface area contributed by atoms with E-state index in [0.717, 1.165) is 0 Å². The highest BCUT2D eigenvalue weighted by Gasteiger charge is 2.34. The highest BCUT2D eigenvalue weighted by molar-refractivity contribution is 5.98. The van der Waals surface area contributed by atoms with E-state index in [1.807, 2.05) is 62.3 Å². The molecule has 0 bridgehead atoms. The van der Waals surface area contributed by atoms with Crippen LogP contribution in [-0.2, 0) is 28.6 Å². The van der Waals surface area contributed by atoms with Crippen molar-refractivity contribution in [2.75, 3.05) is 19.8 Å². The lowest BCUT2D eigenvalue weighted by Gasteiger charge is -2.23. The fraction of sp³-hybridized carbons (Fsp3) is 0.850. The lowest BCUT2D eigenvalue weighted by Crippen LogP contribution is -2.34. The summed E-state index contributed by atoms with van der Waals surface area (Å²) in [7, 11) is 0. The molecule has 0 fully saturated rings. The minimum atomic E-state index is -1.31. The predicted octanol–water partition coefficient (Wildman–Crippen LogP) is 3.76. The predicted molar refractivity (Wildman–Crippen MR) is 99.3 cm³/mol. The van der Waals surface area contributed by atoms with Crippen molar-refractivity contribution in [3.8, 4) is 0 Å². The van der Waals surface area contributed by atoms with Crippen LogP contribution >= 0.6 is 0 Å². The summed E-state index contributed by atoms with van der Waals surface area (Å²) in [5, 5.41) is 0. The van der Waals surface area contributed by atoms with E-state index < -0.39 is 23.8 Å². The molecular formula is C20H36O6. The van der Waals surface area contributed by atoms with Gasteiger partial charge in [-0.3, -0.25) is 14.4 Å². The van der Waals surface area contributed by atoms with Crippen LogP contribution in [0.25, 0.3) is 0 Å². The van der Waals surface area contributed by atoms with Crippen molar-refractivity contribution in [1.82, 2.24) is 0 Å². The van der Waals surface area contributed by atoms with E-state index in [1.54, 1.807) is 0 Å². The SMILES string of the molecule is CC(C)(C)COC(=O)CC(C(=O)OCC(C)(C)C)C(=O)OCC(C)(C)C. The Morgan fingerprint density at radius 2 is 0.923 bits per heavy atom. The van der Waals surface area contributed by atoms with Gasteiger partial charge < -0.3 is 14.2 Å². The third-order valence-corrected chi connectivity index (χ3v) is 2.90. The van der Waals surface area contributed by atoms with E-state index in [-0.39, 0.29) is 42.5 Å². The lowest BCUT2D eigenvalue weighted by molar-refractivity contribution is -0.169. The molecule has 0 atom stereocenters. The summed E-state index contributed by atoms with van der Waals surface area (Å²) in [5.74, 6) is -3.45. The van der Waals surface area contributed by atoms with Gasteiger partial charge in [0.15, 0.2) is 5.92 Å². The molecule has 0 spiro atoms. The molecule has 0 radical (unpaired) electrons. The van der Waals surface area contributed by atoms with Crippen molar-refractivity contribution >= 4 is 17.9 Å². The Bertz CT molecular complexity index is 458. The van der Waals surface area contributed by atoms with E-state index in [1.165, 1.54) is 0 Å². The van der Waals surface area contributed by atoms with Gasteiger partial charge in [-0.1, -0.05) is 62.3 Å². The molecule has 0 amide bonds. The van der Waals surface area contributed by atoms with Gasteiger partial charge in [-0.25, -0.2) is 0 Å². The Morgan fingerprint density at radius 1 is 0.615 bits per heavy atom. The first-order valence-electron chi connectivity index (χ1n) is 8.99. The molecular weight excluding hydrogens is 336 g/mol. The van der Waals surface area contributed by atoms with Gasteiger partial charge in [0.1, 0.15) is 0 Å². The summed E-state index contributed by atoms with van der Waals surface area (Å²) >= 11 is 0. The second kappa shape index (κ2) is 9.38. The molecule has 0 saturated heterocycles. The molecule has 0 aromatic carbocycles. The Labute approximate surface area is 157 Å². The summed E-state index contributed by atoms with van der Waals surface area (Å²) in [6, 6.07) is 0. The van der Waals surface area contributed by atoms with E-state index in [0.29, 0.717) is 0 Å². The van der Waals surface area contributed by atoms with Crippen molar-refractivity contribution in [2.45, 2.75) is 68.7 Å². The fourth-order valence-corrected chi connectivity index (χ4v) is 1.56. The van der Waals surface area contributed by atoms with Crippen LogP contribution in [-0.4, -0.2) is 37.7 Å². The summed E-state index contributed by atoms with van der Waals surface area (Å²) in [4.78, 5) is 36.8. The molecule has 152 valence electrons. The average molecular weight is 373 g/mol. The standard InChI is InChI=1S/C20H36O6/c1-18(2,3)11-24-15(21)10-14(16(22)25-12-19(4,5)6)17(23)26-13-20(7,8)9/h14H,10-13H2,1-9H3. The van der Waals surface area contributed by atoms with Gasteiger partial charge in [0.2, 0.25) is 0 Å². The van der Waals surface area contributed by atoms with Crippen LogP contribution in [0.5, 0.6) is 0 Å². The zero-order valence-corrected chi connectivity index (χ0v) is 17.9. The maximum atomic E-state index is 12.4. The molecule has 6 heteroatoms. The quantitative estimate of drug-likeness (QED) is 0.385. The monoisotopic (exact) mass is 372 g/mol. The maximum absolute atomic E-state index is 12.4. The second-order valence-corrected chi connectivity index (χ2v) is 10.3. The molecule has 0 aliphatic carbocycles. The Hall–Kier alpha value is -1.59. The second-order valence-electron chi connectivity index (χ2n) is 10.3. The molecule has 0 N–H and O–H groups in total. The summed E-state index contributed by atoms with van der Waals surface area (Å²) in [6.07, 6.45) is -0.387. The van der Waals surface area contributed by atoms with Gasteiger partial charge in [0.25, 0.3) is 0 Å². The zero-order chi connectivity index (χ0) is 20.8. The minimum absolute atomic E-state index is 0.145. The summed E-state index contributed by atoms with van der Waals surface area (Å²) in [5.41, 5.74) is -0.699. The van der Waals surface area contributed by atoms with Gasteiger partial charge in [-0.2, -0.15) is 0 Å². The molecule has 0 saturated carbocycles. The Morgan fingerprint density at radius 3 is 1.23 bits per heavy atom. The van der Waals surface area contributed by atoms with Gasteiger partial charge in [-0.05, 0) is 16.2 Å². The molecule has 0 aliphatic rings. The van der Waals surface area contributed by atoms with E-state index >= 15 is 0 Å². The zero-order valence-electron chi connectivity index (χ0n) is 17.9. The van der Waals surface area contributed by atoms with Crippen molar-refractivity contribution in [3.63, 3.8) is 0 Å². The van der Waals surface area contributed by atoms with Crippen molar-refractivity contribution in [2.24, 2.45) is 22.2 Å². The van der Waals surface area contributed by atoms with Crippen LogP contribution < -0.4 is 0 Å². The van der Waals surface area contributed by atoms with Crippen LogP contribution in [0.15, 0.2) is 0 Å². The molecule has 0 rings (SSSR count). The number of rotatable bonds is 7. The topological polar surface area (TPSA) is 78.9 Å².